The van der Waals surface area contributed by atoms with Gasteiger partial charge in [0.05, 0.1) is 18.2 Å². The molecule has 84 valence electrons. The molecule has 0 saturated heterocycles. The highest BCUT2D eigenvalue weighted by atomic mass is 16.2. The van der Waals surface area contributed by atoms with Gasteiger partial charge in [0.15, 0.2) is 0 Å². The van der Waals surface area contributed by atoms with Gasteiger partial charge in [0.1, 0.15) is 0 Å². The second kappa shape index (κ2) is 4.47. The summed E-state index contributed by atoms with van der Waals surface area (Å²) in [5.74, 6) is 0.0643. The largest absolute Gasteiger partial charge is 0.272 e. The summed E-state index contributed by atoms with van der Waals surface area (Å²) in [6, 6.07) is 9.95. The van der Waals surface area contributed by atoms with Gasteiger partial charge in [-0.05, 0) is 18.9 Å². The summed E-state index contributed by atoms with van der Waals surface area (Å²) in [5, 5.41) is 5.95. The lowest BCUT2D eigenvalue weighted by Gasteiger charge is -2.12. The maximum absolute atomic E-state index is 11.9. The topological polar surface area (TPSA) is 32.7 Å². The summed E-state index contributed by atoms with van der Waals surface area (Å²) in [4.78, 5) is 11.9. The lowest BCUT2D eigenvalue weighted by atomic mass is 10.0. The third-order valence-corrected chi connectivity index (χ3v) is 2.91. The quantitative estimate of drug-likeness (QED) is 0.763. The van der Waals surface area contributed by atoms with E-state index in [4.69, 9.17) is 0 Å². The maximum Gasteiger partial charge on any atom is 0.251 e. The van der Waals surface area contributed by atoms with Crippen molar-refractivity contribution in [3.63, 3.8) is 0 Å². The first-order chi connectivity index (χ1) is 7.72. The minimum Gasteiger partial charge on any atom is -0.272 e. The van der Waals surface area contributed by atoms with Crippen molar-refractivity contribution in [2.45, 2.75) is 26.8 Å². The van der Waals surface area contributed by atoms with Crippen LogP contribution in [0.25, 0.3) is 0 Å². The number of rotatable bonds is 3. The van der Waals surface area contributed by atoms with Gasteiger partial charge < -0.3 is 0 Å². The van der Waals surface area contributed by atoms with E-state index in [9.17, 15) is 4.79 Å². The van der Waals surface area contributed by atoms with Gasteiger partial charge in [-0.1, -0.05) is 37.3 Å². The Morgan fingerprint density at radius 1 is 1.31 bits per heavy atom. The molecule has 1 aromatic rings. The molecule has 1 heterocycles. The van der Waals surface area contributed by atoms with Gasteiger partial charge in [-0.25, -0.2) is 5.01 Å². The Labute approximate surface area is 95.8 Å². The van der Waals surface area contributed by atoms with E-state index < -0.39 is 0 Å². The van der Waals surface area contributed by atoms with Crippen LogP contribution in [-0.2, 0) is 11.3 Å². The van der Waals surface area contributed by atoms with Crippen LogP contribution >= 0.6 is 0 Å². The van der Waals surface area contributed by atoms with E-state index in [1.807, 2.05) is 44.2 Å². The number of hydrogen-bond donors (Lipinski definition) is 0. The number of nitrogens with zero attached hydrogens (tertiary/aromatic N) is 2. The van der Waals surface area contributed by atoms with E-state index in [0.717, 1.165) is 17.7 Å². The molecule has 0 saturated carbocycles. The molecule has 0 aliphatic carbocycles. The van der Waals surface area contributed by atoms with Crippen molar-refractivity contribution in [2.24, 2.45) is 11.0 Å². The highest BCUT2D eigenvalue weighted by molar-refractivity contribution is 6.07. The highest BCUT2D eigenvalue weighted by Gasteiger charge is 2.30. The highest BCUT2D eigenvalue weighted by Crippen LogP contribution is 2.19. The van der Waals surface area contributed by atoms with Crippen LogP contribution in [0.2, 0.25) is 0 Å². The number of hydrazone groups is 1. The summed E-state index contributed by atoms with van der Waals surface area (Å²) >= 11 is 0. The lowest BCUT2D eigenvalue weighted by Crippen LogP contribution is -2.25. The Balaban J connectivity index is 2.12. The monoisotopic (exact) mass is 216 g/mol. The zero-order valence-corrected chi connectivity index (χ0v) is 9.68. The van der Waals surface area contributed by atoms with Crippen LogP contribution in [0.1, 0.15) is 25.8 Å². The molecule has 0 radical (unpaired) electrons. The first-order valence-electron chi connectivity index (χ1n) is 5.65. The average Bonchev–Trinajstić information content (AvgIpc) is 2.58. The smallest absolute Gasteiger partial charge is 0.251 e. The Kier molecular flexibility index (Phi) is 3.04. The number of carbonyl (C=O) groups is 1. The molecule has 0 fully saturated rings. The molecule has 16 heavy (non-hydrogen) atoms. The minimum absolute atomic E-state index is 0.0475. The zero-order chi connectivity index (χ0) is 11.5. The number of carbonyl (C=O) groups excluding carboxylic acids is 1. The molecule has 1 amide bonds. The Morgan fingerprint density at radius 3 is 2.56 bits per heavy atom. The first kappa shape index (κ1) is 10.9. The molecule has 2 rings (SSSR count). The molecule has 1 aliphatic rings. The minimum atomic E-state index is -0.0475. The van der Waals surface area contributed by atoms with E-state index >= 15 is 0 Å². The fourth-order valence-corrected chi connectivity index (χ4v) is 1.90. The van der Waals surface area contributed by atoms with Crippen LogP contribution in [-0.4, -0.2) is 16.6 Å². The van der Waals surface area contributed by atoms with Crippen LogP contribution in [0, 0.1) is 5.92 Å². The summed E-state index contributed by atoms with van der Waals surface area (Å²) in [5.41, 5.74) is 2.10. The van der Waals surface area contributed by atoms with Gasteiger partial charge in [-0.2, -0.15) is 5.10 Å². The van der Waals surface area contributed by atoms with Crippen molar-refractivity contribution in [3.05, 3.63) is 35.9 Å². The molecular formula is C13H16N2O. The number of hydrogen-bond acceptors (Lipinski definition) is 2. The molecule has 3 nitrogen and oxygen atoms in total. The SMILES string of the molecule is CCC1=NN(Cc2ccccc2)C(=O)C1C. The van der Waals surface area contributed by atoms with Gasteiger partial charge in [-0.3, -0.25) is 4.79 Å². The molecule has 1 unspecified atom stereocenters. The van der Waals surface area contributed by atoms with Crippen molar-refractivity contribution in [2.75, 3.05) is 0 Å². The summed E-state index contributed by atoms with van der Waals surface area (Å²) in [7, 11) is 0. The normalized spacial score (nSPS) is 20.1. The third kappa shape index (κ3) is 1.98. The van der Waals surface area contributed by atoms with Gasteiger partial charge >= 0.3 is 0 Å². The molecule has 1 aromatic carbocycles. The predicted molar refractivity (Wildman–Crippen MR) is 63.9 cm³/mol. The predicted octanol–water partition coefficient (Wildman–Crippen LogP) is 2.43. The fraction of sp³-hybridized carbons (Fsp3) is 0.385. The Morgan fingerprint density at radius 2 is 2.00 bits per heavy atom. The number of amides is 1. The summed E-state index contributed by atoms with van der Waals surface area (Å²) in [6.45, 7) is 4.54. The van der Waals surface area contributed by atoms with Crippen molar-refractivity contribution in [1.82, 2.24) is 5.01 Å². The van der Waals surface area contributed by atoms with Crippen LogP contribution < -0.4 is 0 Å². The van der Waals surface area contributed by atoms with Crippen molar-refractivity contribution in [3.8, 4) is 0 Å². The maximum atomic E-state index is 11.9. The van der Waals surface area contributed by atoms with E-state index in [2.05, 4.69) is 5.10 Å². The van der Waals surface area contributed by atoms with E-state index in [0.29, 0.717) is 6.54 Å². The molecule has 1 atom stereocenters. The fourth-order valence-electron chi connectivity index (χ4n) is 1.90. The van der Waals surface area contributed by atoms with E-state index in [1.165, 1.54) is 0 Å². The lowest BCUT2D eigenvalue weighted by molar-refractivity contribution is -0.131. The van der Waals surface area contributed by atoms with E-state index in [1.54, 1.807) is 5.01 Å². The van der Waals surface area contributed by atoms with Crippen molar-refractivity contribution in [1.29, 1.82) is 0 Å². The van der Waals surface area contributed by atoms with Crippen LogP contribution in [0.5, 0.6) is 0 Å². The summed E-state index contributed by atoms with van der Waals surface area (Å²) < 4.78 is 0. The van der Waals surface area contributed by atoms with Crippen LogP contribution in [0.4, 0.5) is 0 Å². The number of benzene rings is 1. The zero-order valence-electron chi connectivity index (χ0n) is 9.68. The van der Waals surface area contributed by atoms with Crippen LogP contribution in [0.15, 0.2) is 35.4 Å². The molecule has 0 N–H and O–H groups in total. The van der Waals surface area contributed by atoms with Crippen LogP contribution in [0.3, 0.4) is 0 Å². The Hall–Kier alpha value is -1.64. The molecule has 0 spiro atoms. The summed E-state index contributed by atoms with van der Waals surface area (Å²) in [6.07, 6.45) is 0.845. The molecule has 3 heteroatoms. The average molecular weight is 216 g/mol. The second-order valence-corrected chi connectivity index (χ2v) is 4.05. The molecule has 1 aliphatic heterocycles. The second-order valence-electron chi connectivity index (χ2n) is 4.05. The Bertz CT molecular complexity index is 411. The van der Waals surface area contributed by atoms with Gasteiger partial charge in [0.25, 0.3) is 5.91 Å². The van der Waals surface area contributed by atoms with Crippen molar-refractivity contribution >= 4 is 11.6 Å². The van der Waals surface area contributed by atoms with Gasteiger partial charge in [0.2, 0.25) is 0 Å². The molecular weight excluding hydrogens is 200 g/mol. The van der Waals surface area contributed by atoms with Gasteiger partial charge in [0, 0.05) is 0 Å². The standard InChI is InChI=1S/C13H16N2O/c1-3-12-10(2)13(16)15(14-12)9-11-7-5-4-6-8-11/h4-8,10H,3,9H2,1-2H3. The molecule has 0 bridgehead atoms. The molecule has 0 aromatic heterocycles. The van der Waals surface area contributed by atoms with Gasteiger partial charge in [-0.15, -0.1) is 0 Å². The first-order valence-corrected chi connectivity index (χ1v) is 5.65. The van der Waals surface area contributed by atoms with Crippen molar-refractivity contribution < 1.29 is 4.79 Å². The van der Waals surface area contributed by atoms with E-state index in [-0.39, 0.29) is 11.8 Å². The third-order valence-electron chi connectivity index (χ3n) is 2.91.